The van der Waals surface area contributed by atoms with Gasteiger partial charge in [0.05, 0.1) is 0 Å². The van der Waals surface area contributed by atoms with Gasteiger partial charge in [-0.2, -0.15) is 0 Å². The summed E-state index contributed by atoms with van der Waals surface area (Å²) in [7, 11) is 0. The van der Waals surface area contributed by atoms with Gasteiger partial charge in [-0.3, -0.25) is 9.59 Å². The Morgan fingerprint density at radius 3 is 1.67 bits per heavy atom. The number of rotatable bonds is 6. The third kappa shape index (κ3) is 4.30. The standard InChI is InChI=1S/C20H22O4/c1-13(2)18(21)14-5-9-16(10-6-14)24-17-11-7-15(8-12-17)19(22)20(3,4)23/h5-13,23H,1-4H3. The zero-order chi connectivity index (χ0) is 17.9. The maximum absolute atomic E-state index is 12.0. The Hall–Kier alpha value is -2.46. The fourth-order valence-electron chi connectivity index (χ4n) is 2.18. The van der Waals surface area contributed by atoms with Crippen LogP contribution in [-0.2, 0) is 0 Å². The molecule has 24 heavy (non-hydrogen) atoms. The van der Waals surface area contributed by atoms with Crippen molar-refractivity contribution in [2.24, 2.45) is 5.92 Å². The second-order valence-corrected chi connectivity index (χ2v) is 6.56. The number of hydrogen-bond acceptors (Lipinski definition) is 4. The molecule has 0 aliphatic heterocycles. The Morgan fingerprint density at radius 2 is 1.29 bits per heavy atom. The van der Waals surface area contributed by atoms with Crippen molar-refractivity contribution in [1.29, 1.82) is 0 Å². The molecule has 126 valence electrons. The predicted octanol–water partition coefficient (Wildman–Crippen LogP) is 4.27. The van der Waals surface area contributed by atoms with Gasteiger partial charge in [0, 0.05) is 17.0 Å². The van der Waals surface area contributed by atoms with E-state index in [1.807, 2.05) is 13.8 Å². The lowest BCUT2D eigenvalue weighted by Gasteiger charge is -2.15. The fraction of sp³-hybridized carbons (Fsp3) is 0.300. The molecule has 0 aliphatic rings. The van der Waals surface area contributed by atoms with Gasteiger partial charge in [-0.15, -0.1) is 0 Å². The number of hydrogen-bond donors (Lipinski definition) is 1. The Bertz CT molecular complexity index is 720. The van der Waals surface area contributed by atoms with E-state index in [2.05, 4.69) is 0 Å². The van der Waals surface area contributed by atoms with Crippen LogP contribution >= 0.6 is 0 Å². The number of Topliss-reactive ketones (excluding diaryl/α,β-unsaturated/α-hetero) is 2. The van der Waals surface area contributed by atoms with Gasteiger partial charge in [0.25, 0.3) is 0 Å². The molecule has 0 bridgehead atoms. The zero-order valence-corrected chi connectivity index (χ0v) is 14.4. The molecule has 4 nitrogen and oxygen atoms in total. The van der Waals surface area contributed by atoms with Crippen molar-refractivity contribution < 1.29 is 19.4 Å². The molecule has 0 heterocycles. The molecule has 0 atom stereocenters. The third-order valence-corrected chi connectivity index (χ3v) is 3.57. The van der Waals surface area contributed by atoms with Gasteiger partial charge >= 0.3 is 0 Å². The van der Waals surface area contributed by atoms with E-state index >= 15 is 0 Å². The first-order valence-corrected chi connectivity index (χ1v) is 7.88. The quantitative estimate of drug-likeness (QED) is 0.805. The second kappa shape index (κ2) is 6.97. The highest BCUT2D eigenvalue weighted by atomic mass is 16.5. The summed E-state index contributed by atoms with van der Waals surface area (Å²) in [5, 5.41) is 9.75. The van der Waals surface area contributed by atoms with Crippen molar-refractivity contribution in [3.63, 3.8) is 0 Å². The van der Waals surface area contributed by atoms with E-state index in [0.717, 1.165) is 0 Å². The summed E-state index contributed by atoms with van der Waals surface area (Å²) >= 11 is 0. The first kappa shape index (κ1) is 17.9. The highest BCUT2D eigenvalue weighted by molar-refractivity contribution is 6.01. The van der Waals surface area contributed by atoms with Crippen LogP contribution in [0.15, 0.2) is 48.5 Å². The molecule has 0 aromatic heterocycles. The van der Waals surface area contributed by atoms with E-state index in [9.17, 15) is 14.7 Å². The summed E-state index contributed by atoms with van der Waals surface area (Å²) in [6, 6.07) is 13.5. The van der Waals surface area contributed by atoms with E-state index in [1.54, 1.807) is 48.5 Å². The van der Waals surface area contributed by atoms with Gasteiger partial charge in [-0.25, -0.2) is 0 Å². The van der Waals surface area contributed by atoms with E-state index in [-0.39, 0.29) is 17.5 Å². The van der Waals surface area contributed by atoms with Gasteiger partial charge in [-0.1, -0.05) is 13.8 Å². The summed E-state index contributed by atoms with van der Waals surface area (Å²) in [4.78, 5) is 23.9. The van der Waals surface area contributed by atoms with E-state index < -0.39 is 5.60 Å². The van der Waals surface area contributed by atoms with Gasteiger partial charge in [0.2, 0.25) is 0 Å². The van der Waals surface area contributed by atoms with Crippen LogP contribution in [0.5, 0.6) is 11.5 Å². The van der Waals surface area contributed by atoms with Crippen LogP contribution < -0.4 is 4.74 Å². The van der Waals surface area contributed by atoms with Crippen molar-refractivity contribution in [1.82, 2.24) is 0 Å². The number of aliphatic hydroxyl groups is 1. The molecule has 2 rings (SSSR count). The highest BCUT2D eigenvalue weighted by Crippen LogP contribution is 2.24. The summed E-state index contributed by atoms with van der Waals surface area (Å²) in [5.74, 6) is 0.890. The maximum atomic E-state index is 12.0. The molecule has 2 aromatic rings. The van der Waals surface area contributed by atoms with Gasteiger partial charge in [0.1, 0.15) is 17.1 Å². The van der Waals surface area contributed by atoms with Crippen LogP contribution in [0.25, 0.3) is 0 Å². The van der Waals surface area contributed by atoms with Crippen LogP contribution in [0, 0.1) is 5.92 Å². The van der Waals surface area contributed by atoms with Crippen LogP contribution in [0.2, 0.25) is 0 Å². The van der Waals surface area contributed by atoms with Crippen LogP contribution in [0.3, 0.4) is 0 Å². The van der Waals surface area contributed by atoms with Crippen molar-refractivity contribution in [2.45, 2.75) is 33.3 Å². The van der Waals surface area contributed by atoms with Crippen molar-refractivity contribution in [2.75, 3.05) is 0 Å². The average Bonchev–Trinajstić information content (AvgIpc) is 2.54. The molecular weight excluding hydrogens is 304 g/mol. The molecule has 0 saturated carbocycles. The predicted molar refractivity (Wildman–Crippen MR) is 92.8 cm³/mol. The Balaban J connectivity index is 2.09. The monoisotopic (exact) mass is 326 g/mol. The lowest BCUT2D eigenvalue weighted by Crippen LogP contribution is -2.30. The normalized spacial score (nSPS) is 11.4. The minimum atomic E-state index is -1.40. The molecule has 0 saturated heterocycles. The summed E-state index contributed by atoms with van der Waals surface area (Å²) in [5.41, 5.74) is -0.322. The summed E-state index contributed by atoms with van der Waals surface area (Å²) in [6.07, 6.45) is 0. The van der Waals surface area contributed by atoms with Gasteiger partial charge in [0.15, 0.2) is 11.6 Å². The van der Waals surface area contributed by atoms with Gasteiger partial charge < -0.3 is 9.84 Å². The maximum Gasteiger partial charge on any atom is 0.193 e. The second-order valence-electron chi connectivity index (χ2n) is 6.56. The Kier molecular flexibility index (Phi) is 5.20. The molecule has 0 amide bonds. The minimum absolute atomic E-state index is 0.0439. The minimum Gasteiger partial charge on any atom is -0.457 e. The van der Waals surface area contributed by atoms with E-state index in [4.69, 9.17) is 4.74 Å². The van der Waals surface area contributed by atoms with E-state index in [1.165, 1.54) is 13.8 Å². The SMILES string of the molecule is CC(C)C(=O)c1ccc(Oc2ccc(C(=O)C(C)(C)O)cc2)cc1. The third-order valence-electron chi connectivity index (χ3n) is 3.57. The lowest BCUT2D eigenvalue weighted by molar-refractivity contribution is 0.0488. The molecule has 1 N–H and O–H groups in total. The smallest absolute Gasteiger partial charge is 0.193 e. The molecule has 0 aliphatic carbocycles. The lowest BCUT2D eigenvalue weighted by atomic mass is 9.97. The highest BCUT2D eigenvalue weighted by Gasteiger charge is 2.24. The molecule has 4 heteroatoms. The first-order chi connectivity index (χ1) is 11.2. The molecule has 2 aromatic carbocycles. The van der Waals surface area contributed by atoms with Crippen molar-refractivity contribution >= 4 is 11.6 Å². The average molecular weight is 326 g/mol. The molecular formula is C20H22O4. The number of benzene rings is 2. The Labute approximate surface area is 142 Å². The molecule has 0 fully saturated rings. The fourth-order valence-corrected chi connectivity index (χ4v) is 2.18. The van der Waals surface area contributed by atoms with E-state index in [0.29, 0.717) is 22.6 Å². The zero-order valence-electron chi connectivity index (χ0n) is 14.4. The molecule has 0 radical (unpaired) electrons. The largest absolute Gasteiger partial charge is 0.457 e. The van der Waals surface area contributed by atoms with Gasteiger partial charge in [-0.05, 0) is 62.4 Å². The van der Waals surface area contributed by atoms with Crippen LogP contribution in [0.1, 0.15) is 48.4 Å². The van der Waals surface area contributed by atoms with Crippen LogP contribution in [0.4, 0.5) is 0 Å². The molecule has 0 unspecified atom stereocenters. The first-order valence-electron chi connectivity index (χ1n) is 7.88. The number of carbonyl (C=O) groups is 2. The van der Waals surface area contributed by atoms with Crippen molar-refractivity contribution in [3.8, 4) is 11.5 Å². The number of ether oxygens (including phenoxy) is 1. The Morgan fingerprint density at radius 1 is 0.875 bits per heavy atom. The topological polar surface area (TPSA) is 63.6 Å². The summed E-state index contributed by atoms with van der Waals surface area (Å²) in [6.45, 7) is 6.64. The van der Waals surface area contributed by atoms with Crippen molar-refractivity contribution in [3.05, 3.63) is 59.7 Å². The van der Waals surface area contributed by atoms with Crippen LogP contribution in [-0.4, -0.2) is 22.3 Å². The number of carbonyl (C=O) groups excluding carboxylic acids is 2. The summed E-state index contributed by atoms with van der Waals surface area (Å²) < 4.78 is 5.71. The number of ketones is 2. The molecule has 0 spiro atoms.